The molecule has 1 saturated heterocycles. The summed E-state index contributed by atoms with van der Waals surface area (Å²) < 4.78 is 5.68. The van der Waals surface area contributed by atoms with Gasteiger partial charge < -0.3 is 9.64 Å². The largest absolute Gasteiger partial charge is 0.374 e. The van der Waals surface area contributed by atoms with Crippen LogP contribution in [0, 0.1) is 11.3 Å². The maximum absolute atomic E-state index is 8.47. The highest BCUT2D eigenvalue weighted by Crippen LogP contribution is 2.07. The monoisotopic (exact) mass is 211 g/mol. The molecule has 0 aromatic heterocycles. The summed E-state index contributed by atoms with van der Waals surface area (Å²) in [4.78, 5) is 4.55. The van der Waals surface area contributed by atoms with Crippen molar-refractivity contribution >= 4 is 0 Å². The molecule has 0 bridgehead atoms. The van der Waals surface area contributed by atoms with E-state index in [-0.39, 0.29) is 0 Å². The van der Waals surface area contributed by atoms with Crippen molar-refractivity contribution in [3.8, 4) is 6.07 Å². The van der Waals surface area contributed by atoms with Gasteiger partial charge in [0.2, 0.25) is 0 Å². The van der Waals surface area contributed by atoms with Gasteiger partial charge in [-0.3, -0.25) is 4.90 Å². The van der Waals surface area contributed by atoms with E-state index in [4.69, 9.17) is 10.00 Å². The number of ether oxygens (including phenoxy) is 1. The van der Waals surface area contributed by atoms with E-state index in [2.05, 4.69) is 30.0 Å². The van der Waals surface area contributed by atoms with Gasteiger partial charge in [0.1, 0.15) is 0 Å². The summed E-state index contributed by atoms with van der Waals surface area (Å²) in [6.45, 7) is 4.85. The number of morpholine rings is 1. The number of unbranched alkanes of at least 4 members (excludes halogenated alkanes) is 1. The first-order valence-corrected chi connectivity index (χ1v) is 5.58. The van der Waals surface area contributed by atoms with Crippen LogP contribution in [0.1, 0.15) is 12.8 Å². The molecule has 0 spiro atoms. The van der Waals surface area contributed by atoms with Gasteiger partial charge >= 0.3 is 0 Å². The molecule has 1 rings (SSSR count). The topological polar surface area (TPSA) is 39.5 Å². The highest BCUT2D eigenvalue weighted by Gasteiger charge is 2.20. The highest BCUT2D eigenvalue weighted by molar-refractivity contribution is 4.75. The van der Waals surface area contributed by atoms with Crippen LogP contribution in [0.25, 0.3) is 0 Å². The van der Waals surface area contributed by atoms with E-state index < -0.39 is 0 Å². The molecule has 0 saturated carbocycles. The Morgan fingerprint density at radius 3 is 3.00 bits per heavy atom. The lowest BCUT2D eigenvalue weighted by molar-refractivity contribution is -0.0380. The standard InChI is InChI=1S/C11H21N3O/c1-13(2)9-11-10-14(7-8-15-11)6-4-3-5-12/h11H,3-4,6-10H2,1-2H3/t11-/m1/s1. The molecule has 0 amide bonds. The van der Waals surface area contributed by atoms with Crippen molar-refractivity contribution in [3.63, 3.8) is 0 Å². The van der Waals surface area contributed by atoms with Crippen LogP contribution in [-0.2, 0) is 4.74 Å². The maximum Gasteiger partial charge on any atom is 0.0829 e. The lowest BCUT2D eigenvalue weighted by Crippen LogP contribution is -2.46. The summed E-state index contributed by atoms with van der Waals surface area (Å²) in [6.07, 6.45) is 1.97. The summed E-state index contributed by atoms with van der Waals surface area (Å²) in [5.41, 5.74) is 0. The molecule has 86 valence electrons. The van der Waals surface area contributed by atoms with Gasteiger partial charge in [-0.25, -0.2) is 0 Å². The Kier molecular flexibility index (Phi) is 5.62. The zero-order valence-corrected chi connectivity index (χ0v) is 9.78. The second kappa shape index (κ2) is 6.78. The van der Waals surface area contributed by atoms with E-state index in [1.165, 1.54) is 0 Å². The first-order chi connectivity index (χ1) is 7.22. The van der Waals surface area contributed by atoms with Crippen LogP contribution in [0.5, 0.6) is 0 Å². The molecular formula is C11H21N3O. The minimum absolute atomic E-state index is 0.329. The van der Waals surface area contributed by atoms with Crippen LogP contribution in [0.3, 0.4) is 0 Å². The van der Waals surface area contributed by atoms with Gasteiger partial charge in [0.05, 0.1) is 18.8 Å². The normalized spacial score (nSPS) is 22.9. The van der Waals surface area contributed by atoms with Crippen molar-refractivity contribution in [1.82, 2.24) is 9.80 Å². The zero-order valence-electron chi connectivity index (χ0n) is 9.78. The highest BCUT2D eigenvalue weighted by atomic mass is 16.5. The van der Waals surface area contributed by atoms with Crippen molar-refractivity contribution < 1.29 is 4.74 Å². The van der Waals surface area contributed by atoms with E-state index in [1.807, 2.05) is 0 Å². The molecule has 4 heteroatoms. The summed E-state index contributed by atoms with van der Waals surface area (Å²) in [5.74, 6) is 0. The van der Waals surface area contributed by atoms with Crippen molar-refractivity contribution in [2.75, 3.05) is 46.9 Å². The van der Waals surface area contributed by atoms with Gasteiger partial charge in [-0.15, -0.1) is 0 Å². The number of likely N-dealkylation sites (N-methyl/N-ethyl adjacent to an activating group) is 1. The third kappa shape index (κ3) is 5.12. The molecule has 1 atom stereocenters. The molecule has 1 aliphatic heterocycles. The maximum atomic E-state index is 8.47. The first kappa shape index (κ1) is 12.4. The fourth-order valence-electron chi connectivity index (χ4n) is 1.88. The van der Waals surface area contributed by atoms with Gasteiger partial charge in [-0.05, 0) is 27.1 Å². The Morgan fingerprint density at radius 1 is 1.53 bits per heavy atom. The number of rotatable bonds is 5. The van der Waals surface area contributed by atoms with Crippen molar-refractivity contribution in [2.45, 2.75) is 18.9 Å². The van der Waals surface area contributed by atoms with Gasteiger partial charge in [-0.1, -0.05) is 0 Å². The Bertz CT molecular complexity index is 212. The molecule has 0 aromatic carbocycles. The van der Waals surface area contributed by atoms with E-state index in [9.17, 15) is 0 Å². The second-order valence-corrected chi connectivity index (χ2v) is 4.32. The Hall–Kier alpha value is -0.630. The number of hydrogen-bond acceptors (Lipinski definition) is 4. The molecule has 1 heterocycles. The quantitative estimate of drug-likeness (QED) is 0.623. The molecule has 0 unspecified atom stereocenters. The summed E-state index contributed by atoms with van der Waals surface area (Å²) in [5, 5.41) is 8.47. The van der Waals surface area contributed by atoms with Crippen LogP contribution in [0.2, 0.25) is 0 Å². The van der Waals surface area contributed by atoms with Gasteiger partial charge in [-0.2, -0.15) is 5.26 Å². The van der Waals surface area contributed by atoms with E-state index in [0.29, 0.717) is 12.5 Å². The lowest BCUT2D eigenvalue weighted by atomic mass is 10.2. The third-order valence-corrected chi connectivity index (χ3v) is 2.55. The molecule has 0 N–H and O–H groups in total. The molecule has 0 aromatic rings. The lowest BCUT2D eigenvalue weighted by Gasteiger charge is -2.34. The molecule has 15 heavy (non-hydrogen) atoms. The fourth-order valence-corrected chi connectivity index (χ4v) is 1.88. The molecule has 0 aliphatic carbocycles. The molecule has 4 nitrogen and oxygen atoms in total. The predicted molar refractivity (Wildman–Crippen MR) is 59.6 cm³/mol. The van der Waals surface area contributed by atoms with E-state index >= 15 is 0 Å². The van der Waals surface area contributed by atoms with Crippen LogP contribution < -0.4 is 0 Å². The molecule has 1 aliphatic rings. The molecular weight excluding hydrogens is 190 g/mol. The van der Waals surface area contributed by atoms with Crippen molar-refractivity contribution in [2.24, 2.45) is 0 Å². The van der Waals surface area contributed by atoms with Crippen LogP contribution in [-0.4, -0.2) is 62.8 Å². The summed E-state index contributed by atoms with van der Waals surface area (Å²) in [7, 11) is 4.13. The van der Waals surface area contributed by atoms with Gasteiger partial charge in [0, 0.05) is 26.1 Å². The fraction of sp³-hybridized carbons (Fsp3) is 0.909. The number of hydrogen-bond donors (Lipinski definition) is 0. The van der Waals surface area contributed by atoms with Crippen molar-refractivity contribution in [1.29, 1.82) is 5.26 Å². The predicted octanol–water partition coefficient (Wildman–Crippen LogP) is 0.553. The van der Waals surface area contributed by atoms with Crippen LogP contribution >= 0.6 is 0 Å². The Labute approximate surface area is 92.4 Å². The third-order valence-electron chi connectivity index (χ3n) is 2.55. The van der Waals surface area contributed by atoms with Gasteiger partial charge in [0.15, 0.2) is 0 Å². The Balaban J connectivity index is 2.20. The van der Waals surface area contributed by atoms with E-state index in [0.717, 1.165) is 39.2 Å². The van der Waals surface area contributed by atoms with Crippen LogP contribution in [0.4, 0.5) is 0 Å². The average Bonchev–Trinajstić information content (AvgIpc) is 2.18. The number of nitriles is 1. The first-order valence-electron chi connectivity index (χ1n) is 5.58. The van der Waals surface area contributed by atoms with Crippen LogP contribution in [0.15, 0.2) is 0 Å². The van der Waals surface area contributed by atoms with Gasteiger partial charge in [0.25, 0.3) is 0 Å². The second-order valence-electron chi connectivity index (χ2n) is 4.32. The summed E-state index contributed by atoms with van der Waals surface area (Å²) >= 11 is 0. The number of nitrogens with zero attached hydrogens (tertiary/aromatic N) is 3. The minimum Gasteiger partial charge on any atom is -0.374 e. The summed E-state index contributed by atoms with van der Waals surface area (Å²) in [6, 6.07) is 2.18. The smallest absolute Gasteiger partial charge is 0.0829 e. The Morgan fingerprint density at radius 2 is 2.33 bits per heavy atom. The minimum atomic E-state index is 0.329. The molecule has 1 fully saturated rings. The van der Waals surface area contributed by atoms with E-state index in [1.54, 1.807) is 0 Å². The SMILES string of the molecule is CN(C)C[C@@H]1CN(CCCC#N)CCO1. The zero-order chi connectivity index (χ0) is 11.1. The average molecular weight is 211 g/mol. The van der Waals surface area contributed by atoms with Crippen molar-refractivity contribution in [3.05, 3.63) is 0 Å². The molecule has 0 radical (unpaired) electrons.